The summed E-state index contributed by atoms with van der Waals surface area (Å²) in [5.41, 5.74) is 3.28. The van der Waals surface area contributed by atoms with Crippen molar-refractivity contribution >= 4 is 41.5 Å². The monoisotopic (exact) mass is 497 g/mol. The number of aromatic nitrogens is 3. The molecule has 8 nitrogen and oxygen atoms in total. The van der Waals surface area contributed by atoms with Gasteiger partial charge >= 0.3 is 0 Å². The van der Waals surface area contributed by atoms with E-state index in [0.717, 1.165) is 31.2 Å². The number of nitrogens with one attached hydrogen (secondary N) is 1. The first-order valence-electron chi connectivity index (χ1n) is 9.30. The number of nitrogens with zero attached hydrogens (tertiary/aromatic N) is 6. The Balaban J connectivity index is 0.00000280. The molecule has 0 aliphatic carbocycles. The lowest BCUT2D eigenvalue weighted by molar-refractivity contribution is -0.120. The predicted octanol–water partition coefficient (Wildman–Crippen LogP) is 1.60. The standard InChI is InChI=1S/C19H27N7O.HI/c1-4-21-19(22-8-6-16-5-7-20-11-15(16)2)25-9-10-26(18(27)14-25)17-12-23-24(3)13-17;/h5,7,11-13H,4,6,8-10,14H2,1-3H3,(H,21,22);1H. The second-order valence-electron chi connectivity index (χ2n) is 6.63. The first-order chi connectivity index (χ1) is 13.1. The summed E-state index contributed by atoms with van der Waals surface area (Å²) in [6, 6.07) is 2.04. The lowest BCUT2D eigenvalue weighted by atomic mass is 10.1. The molecule has 0 saturated carbocycles. The summed E-state index contributed by atoms with van der Waals surface area (Å²) >= 11 is 0. The number of anilines is 1. The average Bonchev–Trinajstić information content (AvgIpc) is 3.08. The predicted molar refractivity (Wildman–Crippen MR) is 121 cm³/mol. The van der Waals surface area contributed by atoms with Crippen LogP contribution in [0.25, 0.3) is 0 Å². The molecule has 0 unspecified atom stereocenters. The maximum atomic E-state index is 12.6. The zero-order chi connectivity index (χ0) is 19.2. The van der Waals surface area contributed by atoms with Gasteiger partial charge in [0.25, 0.3) is 0 Å². The van der Waals surface area contributed by atoms with Crippen LogP contribution < -0.4 is 10.2 Å². The quantitative estimate of drug-likeness (QED) is 0.386. The Bertz CT molecular complexity index is 820. The van der Waals surface area contributed by atoms with Crippen molar-refractivity contribution in [1.29, 1.82) is 0 Å². The number of piperazine rings is 1. The minimum absolute atomic E-state index is 0. The third-order valence-electron chi connectivity index (χ3n) is 4.64. The molecule has 9 heteroatoms. The Morgan fingerprint density at radius 1 is 1.32 bits per heavy atom. The van der Waals surface area contributed by atoms with Gasteiger partial charge < -0.3 is 15.1 Å². The largest absolute Gasteiger partial charge is 0.357 e. The number of aryl methyl sites for hydroxylation is 2. The van der Waals surface area contributed by atoms with Gasteiger partial charge in [-0.2, -0.15) is 5.10 Å². The molecular weight excluding hydrogens is 469 g/mol. The number of halogens is 1. The minimum atomic E-state index is 0. The van der Waals surface area contributed by atoms with Crippen LogP contribution in [0.4, 0.5) is 5.69 Å². The van der Waals surface area contributed by atoms with Crippen LogP contribution in [-0.2, 0) is 18.3 Å². The van der Waals surface area contributed by atoms with E-state index < -0.39 is 0 Å². The molecule has 0 bridgehead atoms. The van der Waals surface area contributed by atoms with E-state index in [-0.39, 0.29) is 29.9 Å². The Kier molecular flexibility index (Phi) is 8.21. The van der Waals surface area contributed by atoms with E-state index in [9.17, 15) is 4.79 Å². The van der Waals surface area contributed by atoms with Crippen LogP contribution in [0, 0.1) is 6.92 Å². The number of amides is 1. The van der Waals surface area contributed by atoms with Crippen LogP contribution in [0.3, 0.4) is 0 Å². The van der Waals surface area contributed by atoms with Crippen LogP contribution in [-0.4, -0.2) is 64.3 Å². The van der Waals surface area contributed by atoms with Gasteiger partial charge in [0.05, 0.1) is 11.9 Å². The number of carbonyl (C=O) groups is 1. The highest BCUT2D eigenvalue weighted by Gasteiger charge is 2.27. The van der Waals surface area contributed by atoms with E-state index in [1.54, 1.807) is 15.8 Å². The maximum Gasteiger partial charge on any atom is 0.246 e. The number of aliphatic imine (C=N–C) groups is 1. The number of pyridine rings is 1. The van der Waals surface area contributed by atoms with Crippen molar-refractivity contribution in [1.82, 2.24) is 25.0 Å². The van der Waals surface area contributed by atoms with E-state index in [0.29, 0.717) is 19.6 Å². The average molecular weight is 497 g/mol. The van der Waals surface area contributed by atoms with Gasteiger partial charge in [-0.05, 0) is 37.5 Å². The summed E-state index contributed by atoms with van der Waals surface area (Å²) in [5, 5.41) is 7.46. The summed E-state index contributed by atoms with van der Waals surface area (Å²) in [5.74, 6) is 0.855. The topological polar surface area (TPSA) is 78.7 Å². The first kappa shape index (κ1) is 22.1. The van der Waals surface area contributed by atoms with Gasteiger partial charge in [0, 0.05) is 51.8 Å². The molecule has 0 spiro atoms. The fraction of sp³-hybridized carbons (Fsp3) is 0.474. The third kappa shape index (κ3) is 5.43. The number of guanidine groups is 1. The highest BCUT2D eigenvalue weighted by atomic mass is 127. The molecule has 3 heterocycles. The van der Waals surface area contributed by atoms with Gasteiger partial charge in [-0.25, -0.2) is 0 Å². The van der Waals surface area contributed by atoms with Crippen molar-refractivity contribution in [3.63, 3.8) is 0 Å². The van der Waals surface area contributed by atoms with E-state index in [1.165, 1.54) is 11.1 Å². The molecule has 0 atom stereocenters. The lowest BCUT2D eigenvalue weighted by Crippen LogP contribution is -2.55. The highest BCUT2D eigenvalue weighted by molar-refractivity contribution is 14.0. The van der Waals surface area contributed by atoms with Gasteiger partial charge in [-0.15, -0.1) is 24.0 Å². The normalized spacial score (nSPS) is 14.8. The number of hydrogen-bond donors (Lipinski definition) is 1. The zero-order valence-corrected chi connectivity index (χ0v) is 19.0. The van der Waals surface area contributed by atoms with Gasteiger partial charge in [0.2, 0.25) is 5.91 Å². The molecule has 2 aromatic rings. The fourth-order valence-electron chi connectivity index (χ4n) is 3.17. The molecule has 1 aliphatic rings. The lowest BCUT2D eigenvalue weighted by Gasteiger charge is -2.35. The molecule has 28 heavy (non-hydrogen) atoms. The van der Waals surface area contributed by atoms with Gasteiger partial charge in [-0.1, -0.05) is 0 Å². The van der Waals surface area contributed by atoms with E-state index in [2.05, 4.69) is 22.3 Å². The van der Waals surface area contributed by atoms with Crippen LogP contribution >= 0.6 is 24.0 Å². The van der Waals surface area contributed by atoms with E-state index in [1.807, 2.05) is 43.5 Å². The third-order valence-corrected chi connectivity index (χ3v) is 4.64. The van der Waals surface area contributed by atoms with Gasteiger partial charge in [0.1, 0.15) is 6.54 Å². The second-order valence-corrected chi connectivity index (χ2v) is 6.63. The number of rotatable bonds is 5. The Morgan fingerprint density at radius 2 is 2.14 bits per heavy atom. The van der Waals surface area contributed by atoms with Crippen LogP contribution in [0.15, 0.2) is 35.8 Å². The molecule has 1 amide bonds. The van der Waals surface area contributed by atoms with Crippen LogP contribution in [0.1, 0.15) is 18.1 Å². The Morgan fingerprint density at radius 3 is 2.79 bits per heavy atom. The van der Waals surface area contributed by atoms with Crippen molar-refractivity contribution in [2.24, 2.45) is 12.0 Å². The molecule has 1 aliphatic heterocycles. The molecule has 0 radical (unpaired) electrons. The summed E-state index contributed by atoms with van der Waals surface area (Å²) in [4.78, 5) is 25.3. The summed E-state index contributed by atoms with van der Waals surface area (Å²) in [6.07, 6.45) is 8.13. The van der Waals surface area contributed by atoms with Crippen molar-refractivity contribution < 1.29 is 4.79 Å². The summed E-state index contributed by atoms with van der Waals surface area (Å²) in [7, 11) is 1.85. The van der Waals surface area contributed by atoms with Crippen molar-refractivity contribution in [2.45, 2.75) is 20.3 Å². The SMILES string of the molecule is CCNC(=NCCc1ccncc1C)N1CCN(c2cnn(C)c2)C(=O)C1.I. The smallest absolute Gasteiger partial charge is 0.246 e. The molecule has 3 rings (SSSR count). The molecule has 1 N–H and O–H groups in total. The van der Waals surface area contributed by atoms with Crippen LogP contribution in [0.5, 0.6) is 0 Å². The minimum Gasteiger partial charge on any atom is -0.357 e. The fourth-order valence-corrected chi connectivity index (χ4v) is 3.17. The zero-order valence-electron chi connectivity index (χ0n) is 16.6. The van der Waals surface area contributed by atoms with Gasteiger partial charge in [0.15, 0.2) is 5.96 Å². The van der Waals surface area contributed by atoms with Crippen molar-refractivity contribution in [3.05, 3.63) is 42.0 Å². The number of carbonyl (C=O) groups excluding carboxylic acids is 1. The molecule has 2 aromatic heterocycles. The molecule has 0 aromatic carbocycles. The first-order valence-corrected chi connectivity index (χ1v) is 9.30. The van der Waals surface area contributed by atoms with Crippen LogP contribution in [0.2, 0.25) is 0 Å². The molecular formula is C19H28IN7O. The summed E-state index contributed by atoms with van der Waals surface area (Å²) in [6.45, 7) is 7.21. The molecule has 1 fully saturated rings. The van der Waals surface area contributed by atoms with Crippen molar-refractivity contribution in [3.8, 4) is 0 Å². The van der Waals surface area contributed by atoms with E-state index in [4.69, 9.17) is 4.99 Å². The van der Waals surface area contributed by atoms with E-state index >= 15 is 0 Å². The number of hydrogen-bond acceptors (Lipinski definition) is 4. The van der Waals surface area contributed by atoms with Crippen molar-refractivity contribution in [2.75, 3.05) is 37.6 Å². The summed E-state index contributed by atoms with van der Waals surface area (Å²) < 4.78 is 1.71. The Hall–Kier alpha value is -2.17. The maximum absolute atomic E-state index is 12.6. The molecule has 152 valence electrons. The van der Waals surface area contributed by atoms with Gasteiger partial charge in [-0.3, -0.25) is 19.5 Å². The Labute approximate surface area is 183 Å². The highest BCUT2D eigenvalue weighted by Crippen LogP contribution is 2.16. The molecule has 1 saturated heterocycles. The second kappa shape index (κ2) is 10.4.